The standard InChI is InChI=1S/C25H23N5O2S/c1-18(21-15-9-10-16-22(21)32-2)26-27-23(31)17-33-25-29-28-24(19-11-5-3-6-12-19)30(25)20-13-7-4-8-14-20/h3-16H,17H2,1-2H3,(H,27,31)/b26-18+. The summed E-state index contributed by atoms with van der Waals surface area (Å²) < 4.78 is 7.31. The molecule has 1 aromatic heterocycles. The molecule has 0 saturated heterocycles. The van der Waals surface area contributed by atoms with Crippen LogP contribution < -0.4 is 10.2 Å². The Bertz CT molecular complexity index is 1260. The molecule has 1 heterocycles. The van der Waals surface area contributed by atoms with Gasteiger partial charge in [-0.2, -0.15) is 5.10 Å². The minimum atomic E-state index is -0.238. The number of nitrogens with zero attached hydrogens (tertiary/aromatic N) is 4. The fraction of sp³-hybridized carbons (Fsp3) is 0.120. The van der Waals surface area contributed by atoms with Crippen molar-refractivity contribution in [1.29, 1.82) is 0 Å². The van der Waals surface area contributed by atoms with Crippen LogP contribution >= 0.6 is 11.8 Å². The zero-order valence-electron chi connectivity index (χ0n) is 18.3. The second kappa shape index (κ2) is 10.6. The monoisotopic (exact) mass is 457 g/mol. The number of benzene rings is 3. The summed E-state index contributed by atoms with van der Waals surface area (Å²) in [6, 6.07) is 27.2. The van der Waals surface area contributed by atoms with Crippen LogP contribution in [0.4, 0.5) is 0 Å². The van der Waals surface area contributed by atoms with Crippen molar-refractivity contribution < 1.29 is 9.53 Å². The average molecular weight is 458 g/mol. The maximum Gasteiger partial charge on any atom is 0.250 e. The van der Waals surface area contributed by atoms with Crippen molar-refractivity contribution in [3.63, 3.8) is 0 Å². The second-order valence-electron chi connectivity index (χ2n) is 7.06. The number of para-hydroxylation sites is 2. The van der Waals surface area contributed by atoms with Crippen molar-refractivity contribution in [3.05, 3.63) is 90.5 Å². The van der Waals surface area contributed by atoms with Crippen LogP contribution in [0.3, 0.4) is 0 Å². The van der Waals surface area contributed by atoms with Gasteiger partial charge in [-0.15, -0.1) is 10.2 Å². The van der Waals surface area contributed by atoms with Gasteiger partial charge in [0.05, 0.1) is 18.6 Å². The predicted octanol–water partition coefficient (Wildman–Crippen LogP) is 4.58. The number of thioether (sulfide) groups is 1. The number of rotatable bonds is 8. The van der Waals surface area contributed by atoms with Crippen LogP contribution in [0.1, 0.15) is 12.5 Å². The lowest BCUT2D eigenvalue weighted by atomic mass is 10.1. The van der Waals surface area contributed by atoms with E-state index in [1.165, 1.54) is 11.8 Å². The zero-order valence-corrected chi connectivity index (χ0v) is 19.1. The third-order valence-corrected chi connectivity index (χ3v) is 5.79. The molecule has 0 saturated carbocycles. The van der Waals surface area contributed by atoms with Gasteiger partial charge in [-0.05, 0) is 31.2 Å². The summed E-state index contributed by atoms with van der Waals surface area (Å²) in [5.74, 6) is 1.32. The van der Waals surface area contributed by atoms with Gasteiger partial charge in [-0.1, -0.05) is 72.4 Å². The van der Waals surface area contributed by atoms with E-state index < -0.39 is 0 Å². The van der Waals surface area contributed by atoms with E-state index in [9.17, 15) is 4.79 Å². The zero-order chi connectivity index (χ0) is 23.0. The molecule has 0 radical (unpaired) electrons. The number of carbonyl (C=O) groups excluding carboxylic acids is 1. The third kappa shape index (κ3) is 5.30. The number of amides is 1. The summed E-state index contributed by atoms with van der Waals surface area (Å²) in [4.78, 5) is 12.5. The molecule has 0 aliphatic heterocycles. The highest BCUT2D eigenvalue weighted by atomic mass is 32.2. The molecule has 1 amide bonds. The Morgan fingerprint density at radius 3 is 2.36 bits per heavy atom. The molecule has 0 spiro atoms. The molecular weight excluding hydrogens is 434 g/mol. The Morgan fingerprint density at radius 2 is 1.64 bits per heavy atom. The summed E-state index contributed by atoms with van der Waals surface area (Å²) >= 11 is 1.30. The molecule has 0 unspecified atom stereocenters. The highest BCUT2D eigenvalue weighted by Crippen LogP contribution is 2.27. The first-order valence-corrected chi connectivity index (χ1v) is 11.3. The number of hydrazone groups is 1. The van der Waals surface area contributed by atoms with Crippen LogP contribution in [-0.4, -0.2) is 39.2 Å². The smallest absolute Gasteiger partial charge is 0.250 e. The van der Waals surface area contributed by atoms with E-state index in [-0.39, 0.29) is 11.7 Å². The number of nitrogens with one attached hydrogen (secondary N) is 1. The van der Waals surface area contributed by atoms with E-state index in [2.05, 4.69) is 20.7 Å². The maximum absolute atomic E-state index is 12.5. The van der Waals surface area contributed by atoms with Crippen molar-refractivity contribution in [2.45, 2.75) is 12.1 Å². The van der Waals surface area contributed by atoms with Crippen LogP contribution in [0.25, 0.3) is 17.1 Å². The van der Waals surface area contributed by atoms with Gasteiger partial charge >= 0.3 is 0 Å². The SMILES string of the molecule is COc1ccccc1/C(C)=N/NC(=O)CSc1nnc(-c2ccccc2)n1-c1ccccc1. The second-order valence-corrected chi connectivity index (χ2v) is 8.01. The summed E-state index contributed by atoms with van der Waals surface area (Å²) in [7, 11) is 1.61. The molecule has 7 nitrogen and oxygen atoms in total. The first kappa shape index (κ1) is 22.3. The number of carbonyl (C=O) groups is 1. The highest BCUT2D eigenvalue weighted by Gasteiger charge is 2.17. The van der Waals surface area contributed by atoms with Crippen LogP contribution in [0.5, 0.6) is 5.75 Å². The van der Waals surface area contributed by atoms with Crippen LogP contribution in [-0.2, 0) is 4.79 Å². The molecule has 0 aliphatic rings. The maximum atomic E-state index is 12.5. The molecule has 4 rings (SSSR count). The molecule has 3 aromatic carbocycles. The normalized spacial score (nSPS) is 11.3. The van der Waals surface area contributed by atoms with Crippen molar-refractivity contribution in [1.82, 2.24) is 20.2 Å². The fourth-order valence-corrected chi connectivity index (χ4v) is 4.00. The van der Waals surface area contributed by atoms with E-state index in [0.29, 0.717) is 16.6 Å². The summed E-state index contributed by atoms with van der Waals surface area (Å²) in [5.41, 5.74) is 5.97. The predicted molar refractivity (Wildman–Crippen MR) is 131 cm³/mol. The van der Waals surface area contributed by atoms with E-state index >= 15 is 0 Å². The lowest BCUT2D eigenvalue weighted by molar-refractivity contribution is -0.118. The van der Waals surface area contributed by atoms with Crippen LogP contribution in [0.2, 0.25) is 0 Å². The molecule has 0 aliphatic carbocycles. The summed E-state index contributed by atoms with van der Waals surface area (Å²) in [6.07, 6.45) is 0. The number of methoxy groups -OCH3 is 1. The van der Waals surface area contributed by atoms with Crippen molar-refractivity contribution >= 4 is 23.4 Å². The Hall–Kier alpha value is -3.91. The van der Waals surface area contributed by atoms with Crippen LogP contribution in [0.15, 0.2) is 95.2 Å². The van der Waals surface area contributed by atoms with Gasteiger partial charge in [0.15, 0.2) is 11.0 Å². The van der Waals surface area contributed by atoms with Crippen molar-refractivity contribution in [3.8, 4) is 22.8 Å². The van der Waals surface area contributed by atoms with Gasteiger partial charge in [0.2, 0.25) is 0 Å². The molecule has 0 fully saturated rings. The summed E-state index contributed by atoms with van der Waals surface area (Å²) in [6.45, 7) is 1.82. The summed E-state index contributed by atoms with van der Waals surface area (Å²) in [5, 5.41) is 13.6. The molecule has 166 valence electrons. The third-order valence-electron chi connectivity index (χ3n) is 4.86. The van der Waals surface area contributed by atoms with Gasteiger partial charge in [-0.3, -0.25) is 9.36 Å². The molecule has 4 aromatic rings. The largest absolute Gasteiger partial charge is 0.496 e. The molecule has 33 heavy (non-hydrogen) atoms. The van der Waals surface area contributed by atoms with E-state index in [1.54, 1.807) is 7.11 Å². The topological polar surface area (TPSA) is 81.4 Å². The first-order chi connectivity index (χ1) is 16.2. The Balaban J connectivity index is 1.50. The van der Waals surface area contributed by atoms with E-state index in [1.807, 2.05) is 96.4 Å². The first-order valence-electron chi connectivity index (χ1n) is 10.3. The van der Waals surface area contributed by atoms with E-state index in [0.717, 1.165) is 22.6 Å². The number of hydrogen-bond donors (Lipinski definition) is 1. The Morgan fingerprint density at radius 1 is 0.970 bits per heavy atom. The highest BCUT2D eigenvalue weighted by molar-refractivity contribution is 7.99. The molecule has 1 N–H and O–H groups in total. The average Bonchev–Trinajstić information content (AvgIpc) is 3.31. The van der Waals surface area contributed by atoms with Crippen molar-refractivity contribution in [2.24, 2.45) is 5.10 Å². The number of hydrogen-bond acceptors (Lipinski definition) is 6. The molecular formula is C25H23N5O2S. The van der Waals surface area contributed by atoms with Gasteiger partial charge in [-0.25, -0.2) is 5.43 Å². The minimum Gasteiger partial charge on any atom is -0.496 e. The molecule has 0 atom stereocenters. The Labute approximate surface area is 196 Å². The van der Waals surface area contributed by atoms with Crippen molar-refractivity contribution in [2.75, 3.05) is 12.9 Å². The Kier molecular flexibility index (Phi) is 7.16. The van der Waals surface area contributed by atoms with Gasteiger partial charge in [0.1, 0.15) is 5.75 Å². The minimum absolute atomic E-state index is 0.141. The van der Waals surface area contributed by atoms with E-state index in [4.69, 9.17) is 4.74 Å². The number of aromatic nitrogens is 3. The fourth-order valence-electron chi connectivity index (χ4n) is 3.26. The van der Waals surface area contributed by atoms with Gasteiger partial charge in [0.25, 0.3) is 5.91 Å². The lowest BCUT2D eigenvalue weighted by Crippen LogP contribution is -2.21. The number of ether oxygens (including phenoxy) is 1. The van der Waals surface area contributed by atoms with Gasteiger partial charge in [0, 0.05) is 16.8 Å². The van der Waals surface area contributed by atoms with Gasteiger partial charge < -0.3 is 4.74 Å². The molecule has 0 bridgehead atoms. The quantitative estimate of drug-likeness (QED) is 0.238. The van der Waals surface area contributed by atoms with Crippen LogP contribution in [0, 0.1) is 0 Å². The lowest BCUT2D eigenvalue weighted by Gasteiger charge is -2.10. The molecule has 8 heteroatoms.